The van der Waals surface area contributed by atoms with Gasteiger partial charge in [0.1, 0.15) is 16.9 Å². The van der Waals surface area contributed by atoms with E-state index in [2.05, 4.69) is 79.2 Å². The maximum absolute atomic E-state index is 13.0. The number of halogens is 3. The number of hydrogen-bond donors (Lipinski definition) is 3. The Bertz CT molecular complexity index is 981. The molecule has 0 radical (unpaired) electrons. The number of anilines is 1. The van der Waals surface area contributed by atoms with Crippen LogP contribution in [0.15, 0.2) is 19.5 Å². The Morgan fingerprint density at radius 3 is 2.57 bits per heavy atom. The van der Waals surface area contributed by atoms with Crippen molar-refractivity contribution in [1.82, 2.24) is 5.32 Å². The monoisotopic (exact) mass is 590 g/mol. The van der Waals surface area contributed by atoms with Gasteiger partial charge in [-0.1, -0.05) is 36.7 Å². The summed E-state index contributed by atoms with van der Waals surface area (Å²) in [6.07, 6.45) is 2.67. The molecule has 0 bridgehead atoms. The quantitative estimate of drug-likeness (QED) is 0.343. The number of nitrogens with one attached hydrogen (secondary N) is 2. The molecule has 4 nitrogen and oxygen atoms in total. The van der Waals surface area contributed by atoms with Gasteiger partial charge >= 0.3 is 0 Å². The molecule has 3 N–H and O–H groups in total. The van der Waals surface area contributed by atoms with Crippen LogP contribution in [0.3, 0.4) is 0 Å². The number of aromatic hydroxyl groups is 1. The van der Waals surface area contributed by atoms with Crippen molar-refractivity contribution in [1.29, 1.82) is 0 Å². The van der Waals surface area contributed by atoms with Gasteiger partial charge in [0, 0.05) is 14.9 Å². The van der Waals surface area contributed by atoms with Gasteiger partial charge < -0.3 is 15.7 Å². The molecule has 0 spiro atoms. The van der Waals surface area contributed by atoms with Crippen LogP contribution in [0.4, 0.5) is 5.00 Å². The van der Waals surface area contributed by atoms with E-state index in [1.165, 1.54) is 10.4 Å². The fourth-order valence-corrected chi connectivity index (χ4v) is 7.97. The average molecular weight is 593 g/mol. The maximum atomic E-state index is 13.0. The lowest BCUT2D eigenvalue weighted by Gasteiger charge is -2.34. The van der Waals surface area contributed by atoms with Crippen LogP contribution in [-0.4, -0.2) is 11.0 Å². The van der Waals surface area contributed by atoms with Crippen LogP contribution >= 0.6 is 59.1 Å². The lowest BCUT2D eigenvalue weighted by atomic mass is 9.72. The van der Waals surface area contributed by atoms with Crippen LogP contribution in [-0.2, 0) is 12.8 Å². The third kappa shape index (κ3) is 3.44. The summed E-state index contributed by atoms with van der Waals surface area (Å²) in [5, 5.41) is 17.8. The standard InChI is InChI=1S/C20H21Br3N2O2S/c1-20(2,3)8-4-5-9-12(6-8)28-19-13(9)18(27)24-17(25-19)14-10(21)7-11(22)16(26)15(14)23/h7-8,17,25-26H,4-6H2,1-3H3,(H,24,27)/t8-,17+/m1/s1. The molecule has 1 amide bonds. The Morgan fingerprint density at radius 2 is 1.89 bits per heavy atom. The molecule has 2 aromatic rings. The van der Waals surface area contributed by atoms with E-state index in [4.69, 9.17) is 0 Å². The highest BCUT2D eigenvalue weighted by molar-refractivity contribution is 9.11. The number of thiophene rings is 1. The lowest BCUT2D eigenvalue weighted by molar-refractivity contribution is 0.0934. The topological polar surface area (TPSA) is 61.4 Å². The first-order chi connectivity index (χ1) is 13.1. The van der Waals surface area contributed by atoms with Crippen LogP contribution in [0.1, 0.15) is 59.7 Å². The molecule has 1 aliphatic heterocycles. The summed E-state index contributed by atoms with van der Waals surface area (Å²) in [5.74, 6) is 0.691. The minimum absolute atomic E-state index is 0.0494. The van der Waals surface area contributed by atoms with E-state index in [9.17, 15) is 9.90 Å². The smallest absolute Gasteiger partial charge is 0.256 e. The Morgan fingerprint density at radius 1 is 1.18 bits per heavy atom. The van der Waals surface area contributed by atoms with Crippen LogP contribution in [0.5, 0.6) is 5.75 Å². The Labute approximate surface area is 193 Å². The molecule has 4 rings (SSSR count). The van der Waals surface area contributed by atoms with Crippen molar-refractivity contribution in [3.05, 3.63) is 41.1 Å². The second-order valence-corrected chi connectivity index (χ2v) is 12.1. The van der Waals surface area contributed by atoms with Gasteiger partial charge in [-0.3, -0.25) is 4.79 Å². The summed E-state index contributed by atoms with van der Waals surface area (Å²) in [6, 6.07) is 1.78. The summed E-state index contributed by atoms with van der Waals surface area (Å²) in [5.41, 5.74) is 3.04. The third-order valence-corrected chi connectivity index (χ3v) is 8.99. The second kappa shape index (κ2) is 7.29. The lowest BCUT2D eigenvalue weighted by Crippen LogP contribution is -2.38. The van der Waals surface area contributed by atoms with Crippen molar-refractivity contribution in [2.24, 2.45) is 11.3 Å². The molecular formula is C20H21Br3N2O2S. The Balaban J connectivity index is 1.71. The molecule has 2 heterocycles. The van der Waals surface area contributed by atoms with Crippen LogP contribution < -0.4 is 10.6 Å². The molecule has 0 unspecified atom stereocenters. The van der Waals surface area contributed by atoms with Gasteiger partial charge in [0.25, 0.3) is 5.91 Å². The molecule has 2 atom stereocenters. The Hall–Kier alpha value is -0.570. The van der Waals surface area contributed by atoms with E-state index in [-0.39, 0.29) is 17.1 Å². The first-order valence-corrected chi connectivity index (χ1v) is 12.4. The van der Waals surface area contributed by atoms with E-state index in [0.717, 1.165) is 39.9 Å². The summed E-state index contributed by atoms with van der Waals surface area (Å²) in [6.45, 7) is 6.89. The van der Waals surface area contributed by atoms with E-state index in [1.807, 2.05) is 0 Å². The number of amides is 1. The highest BCUT2D eigenvalue weighted by atomic mass is 79.9. The molecule has 1 aromatic heterocycles. The number of rotatable bonds is 1. The normalized spacial score (nSPS) is 21.6. The van der Waals surface area contributed by atoms with Gasteiger partial charge in [-0.2, -0.15) is 0 Å². The van der Waals surface area contributed by atoms with Crippen molar-refractivity contribution < 1.29 is 9.90 Å². The highest BCUT2D eigenvalue weighted by Crippen LogP contribution is 2.48. The number of phenolic OH excluding ortho intramolecular Hbond substituents is 1. The first-order valence-electron chi connectivity index (χ1n) is 9.16. The number of carbonyl (C=O) groups excluding carboxylic acids is 1. The van der Waals surface area contributed by atoms with Gasteiger partial charge in [0.2, 0.25) is 0 Å². The van der Waals surface area contributed by atoms with Gasteiger partial charge in [0.05, 0.1) is 14.5 Å². The molecule has 8 heteroatoms. The van der Waals surface area contributed by atoms with Crippen LogP contribution in [0.25, 0.3) is 0 Å². The average Bonchev–Trinajstić information content (AvgIpc) is 2.97. The van der Waals surface area contributed by atoms with Crippen molar-refractivity contribution in [2.45, 2.75) is 46.2 Å². The minimum atomic E-state index is -0.429. The van der Waals surface area contributed by atoms with Gasteiger partial charge in [0.15, 0.2) is 0 Å². The molecule has 2 aliphatic rings. The molecule has 28 heavy (non-hydrogen) atoms. The zero-order valence-corrected chi connectivity index (χ0v) is 21.3. The van der Waals surface area contributed by atoms with Crippen molar-refractivity contribution in [2.75, 3.05) is 5.32 Å². The molecule has 150 valence electrons. The predicted molar refractivity (Wildman–Crippen MR) is 124 cm³/mol. The van der Waals surface area contributed by atoms with Crippen LogP contribution in [0.2, 0.25) is 0 Å². The first kappa shape index (κ1) is 20.7. The fourth-order valence-electron chi connectivity index (χ4n) is 4.04. The highest BCUT2D eigenvalue weighted by Gasteiger charge is 2.37. The number of fused-ring (bicyclic) bond motifs is 3. The molecular weight excluding hydrogens is 572 g/mol. The number of carbonyl (C=O) groups is 1. The molecule has 1 aliphatic carbocycles. The summed E-state index contributed by atoms with van der Waals surface area (Å²) in [7, 11) is 0. The molecule has 1 aromatic carbocycles. The van der Waals surface area contributed by atoms with Crippen molar-refractivity contribution in [3.63, 3.8) is 0 Å². The minimum Gasteiger partial charge on any atom is -0.506 e. The SMILES string of the molecule is CC(C)(C)[C@@H]1CCc2c(sc3c2C(=O)N[C@H](c2c(Br)cc(Br)c(O)c2Br)N3)C1. The maximum Gasteiger partial charge on any atom is 0.256 e. The number of phenols is 1. The molecule has 0 saturated heterocycles. The van der Waals surface area contributed by atoms with E-state index in [1.54, 1.807) is 17.4 Å². The van der Waals surface area contributed by atoms with Crippen LogP contribution in [0, 0.1) is 11.3 Å². The molecule has 0 saturated carbocycles. The predicted octanol–water partition coefficient (Wildman–Crippen LogP) is 6.75. The summed E-state index contributed by atoms with van der Waals surface area (Å²) in [4.78, 5) is 14.3. The Kier molecular flexibility index (Phi) is 5.39. The number of benzene rings is 1. The third-order valence-electron chi connectivity index (χ3n) is 5.74. The largest absolute Gasteiger partial charge is 0.506 e. The van der Waals surface area contributed by atoms with Crippen molar-refractivity contribution in [3.8, 4) is 5.75 Å². The van der Waals surface area contributed by atoms with Gasteiger partial charge in [-0.15, -0.1) is 11.3 Å². The molecule has 0 fully saturated rings. The van der Waals surface area contributed by atoms with Gasteiger partial charge in [-0.25, -0.2) is 0 Å². The summed E-state index contributed by atoms with van der Waals surface area (Å²) < 4.78 is 1.92. The van der Waals surface area contributed by atoms with E-state index >= 15 is 0 Å². The fraction of sp³-hybridized carbons (Fsp3) is 0.450. The van der Waals surface area contributed by atoms with E-state index < -0.39 is 6.17 Å². The zero-order chi connectivity index (χ0) is 20.4. The van der Waals surface area contributed by atoms with E-state index in [0.29, 0.717) is 14.9 Å². The summed E-state index contributed by atoms with van der Waals surface area (Å²) >= 11 is 12.1. The zero-order valence-electron chi connectivity index (χ0n) is 15.8. The second-order valence-electron chi connectivity index (χ2n) is 8.48. The van der Waals surface area contributed by atoms with Gasteiger partial charge in [-0.05, 0) is 74.1 Å². The number of hydrogen-bond acceptors (Lipinski definition) is 4. The van der Waals surface area contributed by atoms with Crippen molar-refractivity contribution >= 4 is 70.0 Å².